The van der Waals surface area contributed by atoms with Gasteiger partial charge in [0.1, 0.15) is 18.1 Å². The van der Waals surface area contributed by atoms with Crippen molar-refractivity contribution in [1.82, 2.24) is 5.32 Å². The Balaban J connectivity index is 2.04. The minimum Gasteiger partial charge on any atom is -0.550 e. The molecule has 1 aromatic carbocycles. The zero-order valence-corrected chi connectivity index (χ0v) is 16.2. The summed E-state index contributed by atoms with van der Waals surface area (Å²) in [6.07, 6.45) is -0.259. The van der Waals surface area contributed by atoms with Gasteiger partial charge in [0.05, 0.1) is 33.7 Å². The predicted molar refractivity (Wildman–Crippen MR) is 98.0 cm³/mol. The van der Waals surface area contributed by atoms with Crippen LogP contribution in [0.4, 0.5) is 0 Å². The van der Waals surface area contributed by atoms with E-state index in [1.165, 1.54) is 0 Å². The molecular weight excluding hydrogens is 348 g/mol. The molecular formula is C20H26N2O5. The van der Waals surface area contributed by atoms with Crippen LogP contribution >= 0.6 is 0 Å². The lowest BCUT2D eigenvalue weighted by Gasteiger charge is -2.29. The van der Waals surface area contributed by atoms with Gasteiger partial charge in [-0.25, -0.2) is 0 Å². The number of hydrogen-bond acceptors (Lipinski definition) is 5. The topological polar surface area (TPSA) is 91.6 Å². The average Bonchev–Trinajstić information content (AvgIpc) is 2.92. The number of rotatable bonds is 9. The number of aliphatic carboxylic acids is 1. The molecule has 1 N–H and O–H groups in total. The summed E-state index contributed by atoms with van der Waals surface area (Å²) in [7, 11) is 5.77. The Hall–Kier alpha value is -2.80. The van der Waals surface area contributed by atoms with Gasteiger partial charge in [0.25, 0.3) is 5.91 Å². The minimum atomic E-state index is -1.21. The maximum absolute atomic E-state index is 12.6. The Morgan fingerprint density at radius 3 is 2.48 bits per heavy atom. The summed E-state index contributed by atoms with van der Waals surface area (Å²) >= 11 is 0. The highest BCUT2D eigenvalue weighted by atomic mass is 16.5. The highest BCUT2D eigenvalue weighted by Gasteiger charge is 2.24. The number of furan rings is 1. The van der Waals surface area contributed by atoms with Crippen LogP contribution in [-0.2, 0) is 11.4 Å². The largest absolute Gasteiger partial charge is 0.550 e. The van der Waals surface area contributed by atoms with Gasteiger partial charge in [-0.2, -0.15) is 0 Å². The molecule has 2 aromatic rings. The third kappa shape index (κ3) is 6.79. The van der Waals surface area contributed by atoms with Gasteiger partial charge < -0.3 is 28.9 Å². The number of aryl methyl sites for hydroxylation is 1. The highest BCUT2D eigenvalue weighted by molar-refractivity contribution is 5.93. The van der Waals surface area contributed by atoms with E-state index in [1.807, 2.05) is 51.5 Å². The Labute approximate surface area is 159 Å². The summed E-state index contributed by atoms with van der Waals surface area (Å²) in [4.78, 5) is 23.6. The van der Waals surface area contributed by atoms with E-state index >= 15 is 0 Å². The Morgan fingerprint density at radius 1 is 1.22 bits per heavy atom. The number of nitrogens with one attached hydrogen (secondary N) is 1. The quantitative estimate of drug-likeness (QED) is 0.664. The molecule has 2 rings (SSSR count). The van der Waals surface area contributed by atoms with Gasteiger partial charge in [0, 0.05) is 18.0 Å². The van der Waals surface area contributed by atoms with Crippen molar-refractivity contribution in [2.75, 3.05) is 27.7 Å². The molecule has 0 saturated heterocycles. The fourth-order valence-electron chi connectivity index (χ4n) is 2.79. The SMILES string of the molecule is Cc1cc(COc2ccccc2)oc1C(=O)NC(CC(=O)[O-])C[N+](C)(C)C. The van der Waals surface area contributed by atoms with Crippen LogP contribution in [0.3, 0.4) is 0 Å². The van der Waals surface area contributed by atoms with Crippen LogP contribution in [0.25, 0.3) is 0 Å². The number of amides is 1. The molecule has 27 heavy (non-hydrogen) atoms. The van der Waals surface area contributed by atoms with E-state index in [1.54, 1.807) is 13.0 Å². The number of nitrogens with zero attached hydrogens (tertiary/aromatic N) is 1. The Kier molecular flexibility index (Phi) is 6.63. The zero-order chi connectivity index (χ0) is 20.0. The second-order valence-corrected chi connectivity index (χ2v) is 7.55. The first-order chi connectivity index (χ1) is 12.6. The normalized spacial score (nSPS) is 12.4. The zero-order valence-electron chi connectivity index (χ0n) is 16.2. The van der Waals surface area contributed by atoms with Crippen LogP contribution in [0.5, 0.6) is 5.75 Å². The van der Waals surface area contributed by atoms with Crippen molar-refractivity contribution >= 4 is 11.9 Å². The first-order valence-electron chi connectivity index (χ1n) is 8.72. The van der Waals surface area contributed by atoms with E-state index in [9.17, 15) is 14.7 Å². The molecule has 1 atom stereocenters. The summed E-state index contributed by atoms with van der Waals surface area (Å²) < 4.78 is 11.8. The van der Waals surface area contributed by atoms with Crippen LogP contribution < -0.4 is 15.2 Å². The molecule has 0 radical (unpaired) electrons. The van der Waals surface area contributed by atoms with Crippen LogP contribution in [0, 0.1) is 6.92 Å². The molecule has 1 unspecified atom stereocenters. The number of carbonyl (C=O) groups excluding carboxylic acids is 2. The fraction of sp³-hybridized carbons (Fsp3) is 0.400. The minimum absolute atomic E-state index is 0.159. The fourth-order valence-corrected chi connectivity index (χ4v) is 2.79. The number of hydrogen-bond donors (Lipinski definition) is 1. The second kappa shape index (κ2) is 8.73. The van der Waals surface area contributed by atoms with Gasteiger partial charge in [-0.05, 0) is 25.1 Å². The number of carboxylic acids is 1. The predicted octanol–water partition coefficient (Wildman–Crippen LogP) is 1.11. The Morgan fingerprint density at radius 2 is 1.89 bits per heavy atom. The molecule has 0 bridgehead atoms. The summed E-state index contributed by atoms with van der Waals surface area (Å²) in [6, 6.07) is 10.5. The third-order valence-corrected chi connectivity index (χ3v) is 3.82. The number of likely N-dealkylation sites (N-methyl/N-ethyl adjacent to an activating group) is 1. The number of carbonyl (C=O) groups is 2. The highest BCUT2D eigenvalue weighted by Crippen LogP contribution is 2.18. The molecule has 0 aliphatic heterocycles. The van der Waals surface area contributed by atoms with Gasteiger partial charge in [-0.1, -0.05) is 18.2 Å². The maximum Gasteiger partial charge on any atom is 0.287 e. The van der Waals surface area contributed by atoms with Crippen molar-refractivity contribution in [2.24, 2.45) is 0 Å². The number of carboxylic acid groups (broad SMARTS) is 1. The lowest BCUT2D eigenvalue weighted by molar-refractivity contribution is -0.871. The van der Waals surface area contributed by atoms with Crippen molar-refractivity contribution in [3.05, 3.63) is 53.5 Å². The number of quaternary nitrogens is 1. The standard InChI is InChI=1S/C20H26N2O5/c1-14-10-17(13-26-16-8-6-5-7-9-16)27-19(14)20(25)21-15(11-18(23)24)12-22(2,3)4/h5-10,15H,11-13H2,1-4H3,(H-,21,23,24,25). The van der Waals surface area contributed by atoms with E-state index < -0.39 is 17.9 Å². The van der Waals surface area contributed by atoms with Crippen molar-refractivity contribution in [3.63, 3.8) is 0 Å². The van der Waals surface area contributed by atoms with Crippen LogP contribution in [0.15, 0.2) is 40.8 Å². The maximum atomic E-state index is 12.6. The van der Waals surface area contributed by atoms with Crippen LogP contribution in [0.2, 0.25) is 0 Å². The molecule has 7 heteroatoms. The van der Waals surface area contributed by atoms with Gasteiger partial charge >= 0.3 is 0 Å². The summed E-state index contributed by atoms with van der Waals surface area (Å²) in [6.45, 7) is 2.40. The van der Waals surface area contributed by atoms with E-state index in [0.717, 1.165) is 0 Å². The summed E-state index contributed by atoms with van der Waals surface area (Å²) in [5, 5.41) is 13.7. The first-order valence-corrected chi connectivity index (χ1v) is 8.72. The molecule has 1 heterocycles. The smallest absolute Gasteiger partial charge is 0.287 e. The molecule has 0 saturated carbocycles. The number of para-hydroxylation sites is 1. The number of benzene rings is 1. The first kappa shape index (κ1) is 20.5. The van der Waals surface area contributed by atoms with Crippen LogP contribution in [0.1, 0.15) is 28.3 Å². The van der Waals surface area contributed by atoms with Gasteiger partial charge in [-0.15, -0.1) is 0 Å². The van der Waals surface area contributed by atoms with E-state index in [2.05, 4.69) is 5.32 Å². The van der Waals surface area contributed by atoms with Gasteiger partial charge in [0.2, 0.25) is 0 Å². The molecule has 0 aliphatic rings. The van der Waals surface area contributed by atoms with E-state index in [0.29, 0.717) is 28.1 Å². The summed E-state index contributed by atoms with van der Waals surface area (Å²) in [5.41, 5.74) is 0.664. The van der Waals surface area contributed by atoms with Crippen LogP contribution in [-0.4, -0.2) is 50.1 Å². The molecule has 1 amide bonds. The molecule has 7 nitrogen and oxygen atoms in total. The van der Waals surface area contributed by atoms with E-state index in [4.69, 9.17) is 9.15 Å². The molecule has 0 fully saturated rings. The van der Waals surface area contributed by atoms with Gasteiger partial charge in [0.15, 0.2) is 5.76 Å². The van der Waals surface area contributed by atoms with Crippen molar-refractivity contribution in [1.29, 1.82) is 0 Å². The lowest BCUT2D eigenvalue weighted by atomic mass is 10.1. The van der Waals surface area contributed by atoms with Crippen molar-refractivity contribution in [2.45, 2.75) is 26.0 Å². The average molecular weight is 374 g/mol. The molecule has 1 aromatic heterocycles. The summed E-state index contributed by atoms with van der Waals surface area (Å²) in [5.74, 6) is -0.273. The molecule has 0 aliphatic carbocycles. The Bertz CT molecular complexity index is 777. The van der Waals surface area contributed by atoms with E-state index in [-0.39, 0.29) is 18.8 Å². The number of ether oxygens (including phenoxy) is 1. The monoisotopic (exact) mass is 374 g/mol. The van der Waals surface area contributed by atoms with Gasteiger partial charge in [-0.3, -0.25) is 4.79 Å². The molecule has 0 spiro atoms. The lowest BCUT2D eigenvalue weighted by Crippen LogP contribution is -2.50. The van der Waals surface area contributed by atoms with Crippen molar-refractivity contribution in [3.8, 4) is 5.75 Å². The third-order valence-electron chi connectivity index (χ3n) is 3.82. The van der Waals surface area contributed by atoms with Crippen molar-refractivity contribution < 1.29 is 28.3 Å². The second-order valence-electron chi connectivity index (χ2n) is 7.55. The molecule has 146 valence electrons.